The van der Waals surface area contributed by atoms with Gasteiger partial charge in [-0.2, -0.15) is 0 Å². The summed E-state index contributed by atoms with van der Waals surface area (Å²) in [6, 6.07) is 8.70. The highest BCUT2D eigenvalue weighted by atomic mass is 35.5. The molecule has 4 nitrogen and oxygen atoms in total. The summed E-state index contributed by atoms with van der Waals surface area (Å²) in [7, 11) is 0. The number of halogens is 1. The average Bonchev–Trinajstić information content (AvgIpc) is 2.45. The highest BCUT2D eigenvalue weighted by Gasteiger charge is 2.16. The highest BCUT2D eigenvalue weighted by Crippen LogP contribution is 2.33. The van der Waals surface area contributed by atoms with Crippen LogP contribution in [0.2, 0.25) is 5.02 Å². The summed E-state index contributed by atoms with van der Waals surface area (Å²) in [5.74, 6) is -0.00881. The number of nitrogens with zero attached hydrogens (tertiary/aromatic N) is 1. The van der Waals surface area contributed by atoms with Gasteiger partial charge in [0.1, 0.15) is 5.75 Å². The third kappa shape index (κ3) is 4.48. The number of hydrogen-bond donors (Lipinski definition) is 1. The lowest BCUT2D eigenvalue weighted by Crippen LogP contribution is -2.09. The van der Waals surface area contributed by atoms with Crippen LogP contribution in [0.3, 0.4) is 0 Å². The van der Waals surface area contributed by atoms with Crippen LogP contribution in [0, 0.1) is 5.92 Å². The molecule has 0 unspecified atom stereocenters. The summed E-state index contributed by atoms with van der Waals surface area (Å²) in [6.07, 6.45) is 0.597. The molecule has 0 fully saturated rings. The van der Waals surface area contributed by atoms with E-state index in [1.165, 1.54) is 0 Å². The van der Waals surface area contributed by atoms with E-state index < -0.39 is 5.97 Å². The standard InChI is InChI=1S/C19H22ClNO3/c1-11(2)9-17-15(19(22)23)7-8-16(21-17)14-6-5-13(20)10-18(14)24-12(3)4/h5-8,10-12H,9H2,1-4H3,(H,22,23). The predicted molar refractivity (Wildman–Crippen MR) is 95.9 cm³/mol. The minimum Gasteiger partial charge on any atom is -0.490 e. The van der Waals surface area contributed by atoms with Crippen molar-refractivity contribution in [3.8, 4) is 17.0 Å². The number of ether oxygens (including phenoxy) is 1. The van der Waals surface area contributed by atoms with E-state index in [1.54, 1.807) is 24.3 Å². The van der Waals surface area contributed by atoms with Crippen LogP contribution in [-0.4, -0.2) is 22.2 Å². The van der Waals surface area contributed by atoms with Crippen molar-refractivity contribution >= 4 is 17.6 Å². The van der Waals surface area contributed by atoms with E-state index in [0.29, 0.717) is 34.5 Å². The fraction of sp³-hybridized carbons (Fsp3) is 0.368. The van der Waals surface area contributed by atoms with Gasteiger partial charge in [0.25, 0.3) is 0 Å². The maximum absolute atomic E-state index is 11.4. The van der Waals surface area contributed by atoms with Crippen molar-refractivity contribution in [1.29, 1.82) is 0 Å². The van der Waals surface area contributed by atoms with E-state index in [4.69, 9.17) is 16.3 Å². The van der Waals surface area contributed by atoms with Crippen molar-refractivity contribution in [3.63, 3.8) is 0 Å². The first kappa shape index (κ1) is 18.3. The van der Waals surface area contributed by atoms with Gasteiger partial charge in [-0.15, -0.1) is 0 Å². The Balaban J connectivity index is 2.54. The lowest BCUT2D eigenvalue weighted by atomic mass is 10.0. The molecular weight excluding hydrogens is 326 g/mol. The maximum Gasteiger partial charge on any atom is 0.337 e. The van der Waals surface area contributed by atoms with Crippen molar-refractivity contribution in [1.82, 2.24) is 4.98 Å². The van der Waals surface area contributed by atoms with E-state index in [1.807, 2.05) is 33.8 Å². The van der Waals surface area contributed by atoms with Crippen LogP contribution in [-0.2, 0) is 6.42 Å². The quantitative estimate of drug-likeness (QED) is 0.791. The molecule has 0 aliphatic heterocycles. The van der Waals surface area contributed by atoms with Crippen LogP contribution in [0.5, 0.6) is 5.75 Å². The Hall–Kier alpha value is -2.07. The first-order valence-electron chi connectivity index (χ1n) is 7.97. The first-order chi connectivity index (χ1) is 11.3. The summed E-state index contributed by atoms with van der Waals surface area (Å²) in [4.78, 5) is 16.0. The van der Waals surface area contributed by atoms with Crippen molar-refractivity contribution in [2.45, 2.75) is 40.2 Å². The van der Waals surface area contributed by atoms with E-state index in [2.05, 4.69) is 4.98 Å². The number of rotatable bonds is 6. The second-order valence-corrected chi connectivity index (χ2v) is 6.84. The molecule has 128 valence electrons. The Kier molecular flexibility index (Phi) is 5.84. The largest absolute Gasteiger partial charge is 0.490 e. The lowest BCUT2D eigenvalue weighted by molar-refractivity contribution is 0.0695. The van der Waals surface area contributed by atoms with Crippen LogP contribution < -0.4 is 4.74 Å². The fourth-order valence-corrected chi connectivity index (χ4v) is 2.61. The molecule has 0 aliphatic rings. The topological polar surface area (TPSA) is 59.4 Å². The summed E-state index contributed by atoms with van der Waals surface area (Å²) in [5, 5.41) is 9.95. The van der Waals surface area contributed by atoms with Gasteiger partial charge >= 0.3 is 5.97 Å². The van der Waals surface area contributed by atoms with Gasteiger partial charge in [-0.25, -0.2) is 4.79 Å². The number of pyridine rings is 1. The third-order valence-electron chi connectivity index (χ3n) is 3.39. The molecule has 0 bridgehead atoms. The minimum atomic E-state index is -0.959. The van der Waals surface area contributed by atoms with Gasteiger partial charge in [-0.1, -0.05) is 25.4 Å². The molecule has 0 aliphatic carbocycles. The van der Waals surface area contributed by atoms with Crippen LogP contribution in [0.25, 0.3) is 11.3 Å². The van der Waals surface area contributed by atoms with Gasteiger partial charge in [0.15, 0.2) is 0 Å². The van der Waals surface area contributed by atoms with Gasteiger partial charge in [0.05, 0.1) is 23.1 Å². The predicted octanol–water partition coefficient (Wildman–Crippen LogP) is 5.09. The van der Waals surface area contributed by atoms with Gasteiger partial charge in [0.2, 0.25) is 0 Å². The number of aromatic carboxylic acids is 1. The van der Waals surface area contributed by atoms with Crippen molar-refractivity contribution in [3.05, 3.63) is 46.6 Å². The molecule has 24 heavy (non-hydrogen) atoms. The first-order valence-corrected chi connectivity index (χ1v) is 8.35. The Bertz CT molecular complexity index is 741. The van der Waals surface area contributed by atoms with Crippen LogP contribution in [0.1, 0.15) is 43.7 Å². The van der Waals surface area contributed by atoms with E-state index >= 15 is 0 Å². The molecule has 0 atom stereocenters. The van der Waals surface area contributed by atoms with Crippen molar-refractivity contribution in [2.75, 3.05) is 0 Å². The second-order valence-electron chi connectivity index (χ2n) is 6.40. The molecule has 2 rings (SSSR count). The number of benzene rings is 1. The normalized spacial score (nSPS) is 11.1. The van der Waals surface area contributed by atoms with Gasteiger partial charge in [-0.05, 0) is 56.5 Å². The van der Waals surface area contributed by atoms with Crippen molar-refractivity contribution < 1.29 is 14.6 Å². The fourth-order valence-electron chi connectivity index (χ4n) is 2.45. The van der Waals surface area contributed by atoms with Gasteiger partial charge in [-0.3, -0.25) is 4.98 Å². The summed E-state index contributed by atoms with van der Waals surface area (Å²) >= 11 is 6.08. The second kappa shape index (κ2) is 7.67. The molecule has 0 amide bonds. The Labute approximate surface area is 147 Å². The van der Waals surface area contributed by atoms with E-state index in [9.17, 15) is 9.90 Å². The van der Waals surface area contributed by atoms with Crippen molar-refractivity contribution in [2.24, 2.45) is 5.92 Å². The van der Waals surface area contributed by atoms with Crippen LogP contribution >= 0.6 is 11.6 Å². The molecule has 1 aromatic carbocycles. The molecular formula is C19H22ClNO3. The van der Waals surface area contributed by atoms with E-state index in [-0.39, 0.29) is 11.7 Å². The Morgan fingerprint density at radius 2 is 1.92 bits per heavy atom. The zero-order chi connectivity index (χ0) is 17.9. The zero-order valence-corrected chi connectivity index (χ0v) is 15.1. The third-order valence-corrected chi connectivity index (χ3v) is 3.62. The number of carboxylic acids is 1. The summed E-state index contributed by atoms with van der Waals surface area (Å²) in [6.45, 7) is 7.96. The highest BCUT2D eigenvalue weighted by molar-refractivity contribution is 6.30. The molecule has 0 radical (unpaired) electrons. The van der Waals surface area contributed by atoms with E-state index in [0.717, 1.165) is 5.56 Å². The molecule has 1 heterocycles. The number of carboxylic acid groups (broad SMARTS) is 1. The molecule has 5 heteroatoms. The number of hydrogen-bond acceptors (Lipinski definition) is 3. The summed E-state index contributed by atoms with van der Waals surface area (Å²) < 4.78 is 5.84. The Morgan fingerprint density at radius 3 is 2.50 bits per heavy atom. The SMILES string of the molecule is CC(C)Cc1nc(-c2ccc(Cl)cc2OC(C)C)ccc1C(=O)O. The molecule has 0 spiro atoms. The number of carbonyl (C=O) groups is 1. The van der Waals surface area contributed by atoms with Gasteiger partial charge in [0, 0.05) is 10.6 Å². The van der Waals surface area contributed by atoms with Crippen LogP contribution in [0.4, 0.5) is 0 Å². The molecule has 2 aromatic rings. The van der Waals surface area contributed by atoms with Gasteiger partial charge < -0.3 is 9.84 Å². The van der Waals surface area contributed by atoms with Crippen LogP contribution in [0.15, 0.2) is 30.3 Å². The molecule has 1 N–H and O–H groups in total. The monoisotopic (exact) mass is 347 g/mol. The maximum atomic E-state index is 11.4. The number of aromatic nitrogens is 1. The Morgan fingerprint density at radius 1 is 1.21 bits per heavy atom. The average molecular weight is 348 g/mol. The molecule has 0 saturated heterocycles. The zero-order valence-electron chi connectivity index (χ0n) is 14.3. The minimum absolute atomic E-state index is 0.00403. The molecule has 1 aromatic heterocycles. The molecule has 0 saturated carbocycles. The summed E-state index contributed by atoms with van der Waals surface area (Å²) in [5.41, 5.74) is 2.31. The lowest BCUT2D eigenvalue weighted by Gasteiger charge is -2.16. The smallest absolute Gasteiger partial charge is 0.337 e.